The molecule has 0 saturated carbocycles. The van der Waals surface area contributed by atoms with E-state index < -0.39 is 0 Å². The molecule has 0 aliphatic heterocycles. The predicted octanol–water partition coefficient (Wildman–Crippen LogP) is 0.333. The molecule has 0 amide bonds. The summed E-state index contributed by atoms with van der Waals surface area (Å²) in [6, 6.07) is 0. The molecule has 0 aromatic heterocycles. The van der Waals surface area contributed by atoms with E-state index in [1.165, 1.54) is 12.5 Å². The maximum absolute atomic E-state index is 4.75. The predicted molar refractivity (Wildman–Crippen MR) is 29.9 cm³/mol. The minimum absolute atomic E-state index is 1.18. The molecule has 0 rings (SSSR count). The molecule has 0 bridgehead atoms. The molecule has 0 spiro atoms. The van der Waals surface area contributed by atoms with Crippen molar-refractivity contribution in [1.82, 2.24) is 0 Å². The summed E-state index contributed by atoms with van der Waals surface area (Å²) in [7, 11) is 0. The maximum atomic E-state index is 4.75. The molecule has 0 unspecified atom stereocenters. The molecule has 0 aromatic carbocycles. The Morgan fingerprint density at radius 3 is 1.86 bits per heavy atom. The van der Waals surface area contributed by atoms with Crippen molar-refractivity contribution in [3.05, 3.63) is 12.5 Å². The summed E-state index contributed by atoms with van der Waals surface area (Å²) < 4.78 is 0. The molecule has 3 heteroatoms. The maximum Gasteiger partial charge on any atom is 0.126 e. The van der Waals surface area contributed by atoms with Gasteiger partial charge in [0.15, 0.2) is 0 Å². The van der Waals surface area contributed by atoms with Crippen LogP contribution in [0.15, 0.2) is 12.5 Å². The van der Waals surface area contributed by atoms with E-state index in [0.29, 0.717) is 0 Å². The standard InChI is InChI=1S/C2H6N2O.C2H6/c3-1-2-5-4;1-2/h1-2H,3-4H2;1-2H3/b2-1-;. The van der Waals surface area contributed by atoms with Crippen LogP contribution in [0.3, 0.4) is 0 Å². The van der Waals surface area contributed by atoms with Gasteiger partial charge in [0, 0.05) is 6.20 Å². The van der Waals surface area contributed by atoms with Crippen LogP contribution in [0, 0.1) is 0 Å². The second-order valence-electron chi connectivity index (χ2n) is 0.465. The molecule has 0 radical (unpaired) electrons. The molecule has 0 aliphatic carbocycles. The fraction of sp³-hybridized carbons (Fsp3) is 0.500. The Bertz CT molecular complexity index is 36.7. The summed E-state index contributed by atoms with van der Waals surface area (Å²) in [5.74, 6) is 4.47. The summed E-state index contributed by atoms with van der Waals surface area (Å²) in [6.45, 7) is 4.00. The average Bonchev–Trinajstić information content (AvgIpc) is 1.75. The van der Waals surface area contributed by atoms with Gasteiger partial charge in [-0.25, -0.2) is 0 Å². The largest absolute Gasteiger partial charge is 0.418 e. The zero-order valence-electron chi connectivity index (χ0n) is 4.72. The third-order valence-corrected chi connectivity index (χ3v) is 0.157. The SMILES string of the molecule is CC.N/C=C\ON. The Kier molecular flexibility index (Phi) is 25.3. The van der Waals surface area contributed by atoms with Gasteiger partial charge in [-0.05, 0) is 0 Å². The fourth-order valence-corrected chi connectivity index (χ4v) is 0.0454. The zero-order chi connectivity index (χ0) is 6.12. The van der Waals surface area contributed by atoms with Crippen LogP contribution in [-0.4, -0.2) is 0 Å². The van der Waals surface area contributed by atoms with Crippen molar-refractivity contribution >= 4 is 0 Å². The van der Waals surface area contributed by atoms with Crippen LogP contribution in [0.4, 0.5) is 0 Å². The molecule has 7 heavy (non-hydrogen) atoms. The summed E-state index contributed by atoms with van der Waals surface area (Å²) in [6.07, 6.45) is 2.39. The highest BCUT2D eigenvalue weighted by molar-refractivity contribution is 4.60. The first-order chi connectivity index (χ1) is 3.41. The molecular formula is C4H12N2O. The summed E-state index contributed by atoms with van der Waals surface area (Å²) in [4.78, 5) is 3.89. The smallest absolute Gasteiger partial charge is 0.126 e. The molecule has 0 aliphatic rings. The van der Waals surface area contributed by atoms with Crippen LogP contribution in [-0.2, 0) is 4.84 Å². The fourth-order valence-electron chi connectivity index (χ4n) is 0.0454. The molecule has 44 valence electrons. The topological polar surface area (TPSA) is 61.3 Å². The molecular weight excluding hydrogens is 92.1 g/mol. The minimum Gasteiger partial charge on any atom is -0.418 e. The van der Waals surface area contributed by atoms with E-state index in [9.17, 15) is 0 Å². The highest BCUT2D eigenvalue weighted by Crippen LogP contribution is 1.52. The monoisotopic (exact) mass is 104 g/mol. The number of hydrogen-bond acceptors (Lipinski definition) is 3. The Balaban J connectivity index is 0. The third-order valence-electron chi connectivity index (χ3n) is 0.157. The molecule has 4 N–H and O–H groups in total. The van der Waals surface area contributed by atoms with E-state index in [1.807, 2.05) is 13.8 Å². The van der Waals surface area contributed by atoms with Gasteiger partial charge in [-0.2, -0.15) is 5.90 Å². The molecule has 0 fully saturated rings. The lowest BCUT2D eigenvalue weighted by atomic mass is 11.0. The lowest BCUT2D eigenvalue weighted by molar-refractivity contribution is 0.260. The Morgan fingerprint density at radius 1 is 1.43 bits per heavy atom. The second kappa shape index (κ2) is 18.5. The first-order valence-corrected chi connectivity index (χ1v) is 2.14. The van der Waals surface area contributed by atoms with Gasteiger partial charge >= 0.3 is 0 Å². The van der Waals surface area contributed by atoms with E-state index in [-0.39, 0.29) is 0 Å². The zero-order valence-corrected chi connectivity index (χ0v) is 4.72. The van der Waals surface area contributed by atoms with Crippen LogP contribution < -0.4 is 11.6 Å². The van der Waals surface area contributed by atoms with Crippen LogP contribution in [0.5, 0.6) is 0 Å². The highest BCUT2D eigenvalue weighted by Gasteiger charge is 1.47. The quantitative estimate of drug-likeness (QED) is 0.372. The van der Waals surface area contributed by atoms with Crippen molar-refractivity contribution in [2.24, 2.45) is 11.6 Å². The Labute approximate surface area is 43.9 Å². The van der Waals surface area contributed by atoms with Gasteiger partial charge in [-0.15, -0.1) is 0 Å². The lowest BCUT2D eigenvalue weighted by Crippen LogP contribution is -1.89. The average molecular weight is 104 g/mol. The van der Waals surface area contributed by atoms with Crippen LogP contribution in [0.25, 0.3) is 0 Å². The van der Waals surface area contributed by atoms with Crippen molar-refractivity contribution in [1.29, 1.82) is 0 Å². The van der Waals surface area contributed by atoms with Crippen molar-refractivity contribution in [2.75, 3.05) is 0 Å². The van der Waals surface area contributed by atoms with Crippen molar-refractivity contribution in [2.45, 2.75) is 13.8 Å². The van der Waals surface area contributed by atoms with Crippen molar-refractivity contribution in [3.8, 4) is 0 Å². The summed E-state index contributed by atoms with van der Waals surface area (Å²) >= 11 is 0. The number of hydrogen-bond donors (Lipinski definition) is 2. The number of rotatable bonds is 1. The second-order valence-corrected chi connectivity index (χ2v) is 0.465. The first-order valence-electron chi connectivity index (χ1n) is 2.14. The first kappa shape index (κ1) is 9.57. The van der Waals surface area contributed by atoms with E-state index in [1.54, 1.807) is 0 Å². The van der Waals surface area contributed by atoms with Gasteiger partial charge < -0.3 is 10.6 Å². The van der Waals surface area contributed by atoms with E-state index in [2.05, 4.69) is 10.7 Å². The normalized spacial score (nSPS) is 7.29. The van der Waals surface area contributed by atoms with Gasteiger partial charge in [-0.1, -0.05) is 13.8 Å². The van der Waals surface area contributed by atoms with Gasteiger partial charge in [0.05, 0.1) is 0 Å². The highest BCUT2D eigenvalue weighted by atomic mass is 16.6. The van der Waals surface area contributed by atoms with Crippen molar-refractivity contribution in [3.63, 3.8) is 0 Å². The summed E-state index contributed by atoms with van der Waals surface area (Å²) in [5.41, 5.74) is 4.75. The van der Waals surface area contributed by atoms with Crippen LogP contribution >= 0.6 is 0 Å². The molecule has 3 nitrogen and oxygen atoms in total. The van der Waals surface area contributed by atoms with Crippen molar-refractivity contribution < 1.29 is 4.84 Å². The molecule has 0 aromatic rings. The van der Waals surface area contributed by atoms with Gasteiger partial charge in [0.25, 0.3) is 0 Å². The Hall–Kier alpha value is -0.700. The molecule has 0 heterocycles. The van der Waals surface area contributed by atoms with E-state index in [4.69, 9.17) is 5.73 Å². The third kappa shape index (κ3) is 34.2. The van der Waals surface area contributed by atoms with Gasteiger partial charge in [0.2, 0.25) is 0 Å². The summed E-state index contributed by atoms with van der Waals surface area (Å²) in [5, 5.41) is 0. The van der Waals surface area contributed by atoms with Gasteiger partial charge in [0.1, 0.15) is 6.26 Å². The molecule has 0 atom stereocenters. The molecule has 0 saturated heterocycles. The van der Waals surface area contributed by atoms with Crippen LogP contribution in [0.2, 0.25) is 0 Å². The van der Waals surface area contributed by atoms with Crippen LogP contribution in [0.1, 0.15) is 13.8 Å². The Morgan fingerprint density at radius 2 is 1.86 bits per heavy atom. The van der Waals surface area contributed by atoms with E-state index >= 15 is 0 Å². The number of nitrogens with two attached hydrogens (primary N) is 2. The van der Waals surface area contributed by atoms with Gasteiger partial charge in [-0.3, -0.25) is 0 Å². The van der Waals surface area contributed by atoms with E-state index in [0.717, 1.165) is 0 Å². The lowest BCUT2D eigenvalue weighted by Gasteiger charge is -1.76. The minimum atomic E-state index is 1.18.